The minimum absolute atomic E-state index is 0.0249. The molecular formula is C16H20O6. The van der Waals surface area contributed by atoms with Crippen molar-refractivity contribution >= 4 is 17.9 Å². The maximum absolute atomic E-state index is 11.9. The predicted molar refractivity (Wildman–Crippen MR) is 78.6 cm³/mol. The summed E-state index contributed by atoms with van der Waals surface area (Å²) in [5, 5.41) is 18.3. The summed E-state index contributed by atoms with van der Waals surface area (Å²) in [6, 6.07) is 6.52. The van der Waals surface area contributed by atoms with Crippen LogP contribution in [0.5, 0.6) is 0 Å². The van der Waals surface area contributed by atoms with Crippen molar-refractivity contribution < 1.29 is 29.3 Å². The van der Waals surface area contributed by atoms with Gasteiger partial charge in [0, 0.05) is 0 Å². The first kappa shape index (κ1) is 17.7. The van der Waals surface area contributed by atoms with Crippen LogP contribution in [0.2, 0.25) is 0 Å². The Kier molecular flexibility index (Phi) is 5.68. The Balaban J connectivity index is 2.98. The predicted octanol–water partition coefficient (Wildman–Crippen LogP) is 2.07. The number of rotatable bonds is 7. The summed E-state index contributed by atoms with van der Waals surface area (Å²) in [4.78, 5) is 34.2. The summed E-state index contributed by atoms with van der Waals surface area (Å²) in [5.74, 6) is -3.63. The maximum Gasteiger partial charge on any atom is 0.323 e. The summed E-state index contributed by atoms with van der Waals surface area (Å²) < 4.78 is 4.84. The van der Waals surface area contributed by atoms with Gasteiger partial charge in [0.25, 0.3) is 0 Å². The Morgan fingerprint density at radius 1 is 1.18 bits per heavy atom. The normalized spacial score (nSPS) is 14.7. The van der Waals surface area contributed by atoms with Crippen LogP contribution in [0.4, 0.5) is 0 Å². The molecule has 0 saturated heterocycles. The third-order valence-corrected chi connectivity index (χ3v) is 3.61. The number of hydrogen-bond donors (Lipinski definition) is 2. The van der Waals surface area contributed by atoms with Gasteiger partial charge in [0.2, 0.25) is 0 Å². The molecule has 0 fully saturated rings. The molecule has 6 nitrogen and oxygen atoms in total. The number of carboxylic acid groups (broad SMARTS) is 2. The van der Waals surface area contributed by atoms with Crippen molar-refractivity contribution in [1.82, 2.24) is 0 Å². The number of hydrogen-bond acceptors (Lipinski definition) is 4. The van der Waals surface area contributed by atoms with E-state index in [0.29, 0.717) is 11.1 Å². The lowest BCUT2D eigenvalue weighted by molar-refractivity contribution is -0.167. The molecule has 1 rings (SSSR count). The van der Waals surface area contributed by atoms with Gasteiger partial charge in [-0.05, 0) is 38.3 Å². The quantitative estimate of drug-likeness (QED) is 0.590. The van der Waals surface area contributed by atoms with E-state index in [1.54, 1.807) is 38.1 Å². The molecule has 6 heteroatoms. The lowest BCUT2D eigenvalue weighted by Crippen LogP contribution is -2.40. The fourth-order valence-electron chi connectivity index (χ4n) is 2.00. The van der Waals surface area contributed by atoms with E-state index in [-0.39, 0.29) is 13.0 Å². The van der Waals surface area contributed by atoms with Gasteiger partial charge in [-0.3, -0.25) is 14.4 Å². The molecule has 0 heterocycles. The zero-order chi connectivity index (χ0) is 16.9. The Labute approximate surface area is 128 Å². The minimum atomic E-state index is -1.67. The molecule has 0 amide bonds. The smallest absolute Gasteiger partial charge is 0.323 e. The molecule has 2 unspecified atom stereocenters. The average molecular weight is 308 g/mol. The van der Waals surface area contributed by atoms with Gasteiger partial charge in [0.1, 0.15) is 0 Å². The van der Waals surface area contributed by atoms with E-state index in [4.69, 9.17) is 9.84 Å². The Hall–Kier alpha value is -2.37. The van der Waals surface area contributed by atoms with Crippen LogP contribution in [0.15, 0.2) is 24.3 Å². The van der Waals surface area contributed by atoms with Gasteiger partial charge in [-0.2, -0.15) is 0 Å². The SMILES string of the molecule is CCOC(=O)C(C)(Cc1ccc(C(C)C(=O)O)cc1)C(=O)O. The highest BCUT2D eigenvalue weighted by Crippen LogP contribution is 2.26. The van der Waals surface area contributed by atoms with E-state index in [9.17, 15) is 19.5 Å². The third kappa shape index (κ3) is 3.84. The second-order valence-corrected chi connectivity index (χ2v) is 5.34. The van der Waals surface area contributed by atoms with E-state index in [1.807, 2.05) is 0 Å². The number of carbonyl (C=O) groups excluding carboxylic acids is 1. The molecule has 1 aromatic carbocycles. The Bertz CT molecular complexity index is 563. The molecule has 0 spiro atoms. The van der Waals surface area contributed by atoms with Crippen LogP contribution in [-0.4, -0.2) is 34.7 Å². The molecule has 0 aromatic heterocycles. The van der Waals surface area contributed by atoms with Gasteiger partial charge in [0.15, 0.2) is 5.41 Å². The maximum atomic E-state index is 11.9. The molecule has 2 N–H and O–H groups in total. The number of carboxylic acids is 2. The van der Waals surface area contributed by atoms with Crippen molar-refractivity contribution in [3.05, 3.63) is 35.4 Å². The van der Waals surface area contributed by atoms with E-state index >= 15 is 0 Å². The van der Waals surface area contributed by atoms with E-state index < -0.39 is 29.2 Å². The van der Waals surface area contributed by atoms with Crippen LogP contribution in [0, 0.1) is 5.41 Å². The Morgan fingerprint density at radius 3 is 2.14 bits per heavy atom. The van der Waals surface area contributed by atoms with Gasteiger partial charge < -0.3 is 14.9 Å². The number of benzene rings is 1. The lowest BCUT2D eigenvalue weighted by atomic mass is 9.83. The molecule has 0 aliphatic carbocycles. The molecule has 0 bridgehead atoms. The molecule has 0 aliphatic heterocycles. The van der Waals surface area contributed by atoms with Gasteiger partial charge in [-0.1, -0.05) is 24.3 Å². The number of aliphatic carboxylic acids is 2. The van der Waals surface area contributed by atoms with Crippen LogP contribution in [0.25, 0.3) is 0 Å². The van der Waals surface area contributed by atoms with Crippen molar-refractivity contribution in [3.63, 3.8) is 0 Å². The highest BCUT2D eigenvalue weighted by atomic mass is 16.5. The molecule has 22 heavy (non-hydrogen) atoms. The first-order chi connectivity index (χ1) is 10.2. The number of carbonyl (C=O) groups is 3. The Morgan fingerprint density at radius 2 is 1.73 bits per heavy atom. The molecule has 0 aliphatic rings. The zero-order valence-corrected chi connectivity index (χ0v) is 12.8. The second kappa shape index (κ2) is 7.06. The molecule has 120 valence electrons. The highest BCUT2D eigenvalue weighted by Gasteiger charge is 2.43. The molecule has 0 saturated carbocycles. The zero-order valence-electron chi connectivity index (χ0n) is 12.8. The molecule has 0 radical (unpaired) electrons. The van der Waals surface area contributed by atoms with Crippen LogP contribution in [-0.2, 0) is 25.5 Å². The van der Waals surface area contributed by atoms with Crippen molar-refractivity contribution in [2.75, 3.05) is 6.61 Å². The summed E-state index contributed by atoms with van der Waals surface area (Å²) in [7, 11) is 0. The summed E-state index contributed by atoms with van der Waals surface area (Å²) in [5.41, 5.74) is -0.431. The summed E-state index contributed by atoms with van der Waals surface area (Å²) in [6.07, 6.45) is -0.0249. The van der Waals surface area contributed by atoms with Crippen LogP contribution >= 0.6 is 0 Å². The van der Waals surface area contributed by atoms with E-state index in [0.717, 1.165) is 0 Å². The standard InChI is InChI=1S/C16H20O6/c1-4-22-15(21)16(3,14(19)20)9-11-5-7-12(8-6-11)10(2)13(17)18/h5-8,10H,4,9H2,1-3H3,(H,17,18)(H,19,20). The van der Waals surface area contributed by atoms with Crippen LogP contribution in [0.1, 0.15) is 37.8 Å². The van der Waals surface area contributed by atoms with Gasteiger partial charge >= 0.3 is 17.9 Å². The topological polar surface area (TPSA) is 101 Å². The molecular weight excluding hydrogens is 288 g/mol. The largest absolute Gasteiger partial charge is 0.481 e. The summed E-state index contributed by atoms with van der Waals surface area (Å²) in [6.45, 7) is 4.61. The van der Waals surface area contributed by atoms with Gasteiger partial charge in [-0.25, -0.2) is 0 Å². The minimum Gasteiger partial charge on any atom is -0.481 e. The lowest BCUT2D eigenvalue weighted by Gasteiger charge is -2.22. The first-order valence-corrected chi connectivity index (χ1v) is 6.94. The van der Waals surface area contributed by atoms with E-state index in [2.05, 4.69) is 0 Å². The van der Waals surface area contributed by atoms with E-state index in [1.165, 1.54) is 6.92 Å². The fourth-order valence-corrected chi connectivity index (χ4v) is 2.00. The average Bonchev–Trinajstić information content (AvgIpc) is 2.47. The molecule has 2 atom stereocenters. The first-order valence-electron chi connectivity index (χ1n) is 6.94. The monoisotopic (exact) mass is 308 g/mol. The van der Waals surface area contributed by atoms with Crippen molar-refractivity contribution in [2.45, 2.75) is 33.1 Å². The van der Waals surface area contributed by atoms with Crippen molar-refractivity contribution in [3.8, 4) is 0 Å². The fraction of sp³-hybridized carbons (Fsp3) is 0.438. The number of esters is 1. The van der Waals surface area contributed by atoms with Gasteiger partial charge in [0.05, 0.1) is 12.5 Å². The highest BCUT2D eigenvalue weighted by molar-refractivity contribution is 5.99. The van der Waals surface area contributed by atoms with Crippen molar-refractivity contribution in [2.24, 2.45) is 5.41 Å². The van der Waals surface area contributed by atoms with Gasteiger partial charge in [-0.15, -0.1) is 0 Å². The second-order valence-electron chi connectivity index (χ2n) is 5.34. The van der Waals surface area contributed by atoms with Crippen molar-refractivity contribution in [1.29, 1.82) is 0 Å². The molecule has 1 aromatic rings. The van der Waals surface area contributed by atoms with Crippen LogP contribution in [0.3, 0.4) is 0 Å². The third-order valence-electron chi connectivity index (χ3n) is 3.61. The van der Waals surface area contributed by atoms with Crippen LogP contribution < -0.4 is 0 Å². The summed E-state index contributed by atoms with van der Waals surface area (Å²) >= 11 is 0. The number of ether oxygens (including phenoxy) is 1.